The predicted molar refractivity (Wildman–Crippen MR) is 134 cm³/mol. The Bertz CT molecular complexity index is 1130. The highest BCUT2D eigenvalue weighted by atomic mass is 79.9. The number of benzene rings is 2. The van der Waals surface area contributed by atoms with Crippen LogP contribution in [0.5, 0.6) is 11.5 Å². The van der Waals surface area contributed by atoms with Gasteiger partial charge in [-0.1, -0.05) is 19.1 Å². The second-order valence-electron chi connectivity index (χ2n) is 7.90. The molecule has 0 unspecified atom stereocenters. The quantitative estimate of drug-likeness (QED) is 0.357. The first kappa shape index (κ1) is 25.3. The minimum Gasteiger partial charge on any atom is -0.490 e. The first-order valence-corrected chi connectivity index (χ1v) is 11.8. The summed E-state index contributed by atoms with van der Waals surface area (Å²) in [4.78, 5) is 38.5. The van der Waals surface area contributed by atoms with Gasteiger partial charge in [-0.2, -0.15) is 0 Å². The Kier molecular flexibility index (Phi) is 8.33. The average molecular weight is 530 g/mol. The van der Waals surface area contributed by atoms with Crippen molar-refractivity contribution >= 4 is 45.5 Å². The van der Waals surface area contributed by atoms with Crippen molar-refractivity contribution in [2.75, 3.05) is 18.5 Å². The number of urea groups is 1. The van der Waals surface area contributed by atoms with Crippen LogP contribution in [0.4, 0.5) is 10.5 Å². The number of nitrogens with one attached hydrogen (secondary N) is 2. The predicted octanol–water partition coefficient (Wildman–Crippen LogP) is 4.86. The Labute approximate surface area is 207 Å². The third-order valence-electron chi connectivity index (χ3n) is 5.10. The molecule has 0 aromatic heterocycles. The summed E-state index contributed by atoms with van der Waals surface area (Å²) < 4.78 is 12.4. The number of imide groups is 1. The highest BCUT2D eigenvalue weighted by molar-refractivity contribution is 9.10. The summed E-state index contributed by atoms with van der Waals surface area (Å²) in [5.41, 5.74) is 2.27. The Morgan fingerprint density at radius 3 is 2.68 bits per heavy atom. The number of aryl methyl sites for hydroxylation is 1. The third-order valence-corrected chi connectivity index (χ3v) is 5.69. The molecule has 1 saturated heterocycles. The monoisotopic (exact) mass is 529 g/mol. The van der Waals surface area contributed by atoms with Crippen LogP contribution in [-0.4, -0.2) is 42.0 Å². The summed E-state index contributed by atoms with van der Waals surface area (Å²) in [7, 11) is 0. The van der Waals surface area contributed by atoms with Gasteiger partial charge in [-0.3, -0.25) is 9.59 Å². The zero-order valence-corrected chi connectivity index (χ0v) is 21.2. The van der Waals surface area contributed by atoms with Gasteiger partial charge in [0.1, 0.15) is 12.2 Å². The molecule has 4 amide bonds. The van der Waals surface area contributed by atoms with Gasteiger partial charge in [0.15, 0.2) is 11.5 Å². The lowest BCUT2D eigenvalue weighted by atomic mass is 10.1. The van der Waals surface area contributed by atoms with Crippen LogP contribution in [-0.2, 0) is 9.59 Å². The molecule has 1 fully saturated rings. The smallest absolute Gasteiger partial charge is 0.329 e. The molecule has 0 aliphatic carbocycles. The number of carbonyl (C=O) groups is 3. The molecule has 3 rings (SSSR count). The number of anilines is 1. The number of ether oxygens (including phenoxy) is 2. The fourth-order valence-corrected chi connectivity index (χ4v) is 3.84. The van der Waals surface area contributed by atoms with Crippen LogP contribution in [0.25, 0.3) is 6.08 Å². The lowest BCUT2D eigenvalue weighted by Crippen LogP contribution is -2.38. The van der Waals surface area contributed by atoms with E-state index in [9.17, 15) is 14.4 Å². The molecule has 9 heteroatoms. The van der Waals surface area contributed by atoms with E-state index in [1.54, 1.807) is 30.3 Å². The molecule has 0 radical (unpaired) electrons. The number of nitrogens with zero attached hydrogens (tertiary/aromatic N) is 1. The largest absolute Gasteiger partial charge is 0.490 e. The lowest BCUT2D eigenvalue weighted by Gasteiger charge is -2.18. The van der Waals surface area contributed by atoms with Crippen LogP contribution < -0.4 is 20.1 Å². The van der Waals surface area contributed by atoms with Gasteiger partial charge in [0.2, 0.25) is 5.91 Å². The van der Waals surface area contributed by atoms with E-state index < -0.39 is 24.4 Å². The van der Waals surface area contributed by atoms with Gasteiger partial charge in [-0.05, 0) is 84.6 Å². The van der Waals surface area contributed by atoms with Gasteiger partial charge in [-0.15, -0.1) is 0 Å². The molecule has 1 heterocycles. The molecule has 2 N–H and O–H groups in total. The van der Waals surface area contributed by atoms with Crippen LogP contribution in [0.3, 0.4) is 0 Å². The summed E-state index contributed by atoms with van der Waals surface area (Å²) in [5, 5.41) is 5.24. The van der Waals surface area contributed by atoms with Crippen molar-refractivity contribution in [3.8, 4) is 11.5 Å². The van der Waals surface area contributed by atoms with Gasteiger partial charge in [0.25, 0.3) is 5.91 Å². The maximum Gasteiger partial charge on any atom is 0.329 e. The summed E-state index contributed by atoms with van der Waals surface area (Å²) in [6.07, 6.45) is 2.37. The second kappa shape index (κ2) is 11.2. The topological polar surface area (TPSA) is 97.0 Å². The second-order valence-corrected chi connectivity index (χ2v) is 8.75. The molecule has 2 aromatic rings. The number of hydrogen-bond donors (Lipinski definition) is 2. The molecule has 34 heavy (non-hydrogen) atoms. The number of rotatable bonds is 9. The van der Waals surface area contributed by atoms with E-state index in [-0.39, 0.29) is 11.8 Å². The minimum atomic E-state index is -0.656. The first-order valence-electron chi connectivity index (χ1n) is 11.1. The highest BCUT2D eigenvalue weighted by Gasteiger charge is 2.35. The highest BCUT2D eigenvalue weighted by Crippen LogP contribution is 2.38. The minimum absolute atomic E-state index is 0.00471. The maximum absolute atomic E-state index is 12.8. The number of halogens is 1. The average Bonchev–Trinajstić information content (AvgIpc) is 3.03. The third kappa shape index (κ3) is 6.17. The van der Waals surface area contributed by atoms with Crippen LogP contribution in [0, 0.1) is 6.92 Å². The fourth-order valence-electron chi connectivity index (χ4n) is 3.28. The Morgan fingerprint density at radius 2 is 2.00 bits per heavy atom. The van der Waals surface area contributed by atoms with Gasteiger partial charge in [0, 0.05) is 5.69 Å². The van der Waals surface area contributed by atoms with Crippen molar-refractivity contribution in [3.05, 3.63) is 57.7 Å². The van der Waals surface area contributed by atoms with Crippen molar-refractivity contribution in [2.24, 2.45) is 0 Å². The van der Waals surface area contributed by atoms with Crippen LogP contribution >= 0.6 is 15.9 Å². The van der Waals surface area contributed by atoms with Crippen molar-refractivity contribution in [1.29, 1.82) is 0 Å². The fraction of sp³-hybridized carbons (Fsp3) is 0.320. The molecule has 180 valence electrons. The van der Waals surface area contributed by atoms with Crippen molar-refractivity contribution < 1.29 is 23.9 Å². The number of hydrogen-bond acceptors (Lipinski definition) is 5. The Hall–Kier alpha value is -3.33. The van der Waals surface area contributed by atoms with Crippen molar-refractivity contribution in [2.45, 2.75) is 40.2 Å². The standard InChI is InChI=1S/C25H28BrN3O5/c1-5-16(4)34-23-19(26)11-17(13-21(23)33-6-2)12-20-24(31)29(25(32)28-20)14-22(30)27-18-9-7-8-15(3)10-18/h7-13,16H,5-6,14H2,1-4H3,(H,27,30)(H,28,32)/b20-12+/t16-/m0/s1. The molecular formula is C25H28BrN3O5. The maximum atomic E-state index is 12.8. The van der Waals surface area contributed by atoms with Crippen LogP contribution in [0.2, 0.25) is 0 Å². The van der Waals surface area contributed by atoms with Crippen molar-refractivity contribution in [3.63, 3.8) is 0 Å². The molecule has 0 spiro atoms. The van der Waals surface area contributed by atoms with Gasteiger partial charge in [0.05, 0.1) is 17.2 Å². The zero-order valence-electron chi connectivity index (χ0n) is 19.6. The van der Waals surface area contributed by atoms with Gasteiger partial charge >= 0.3 is 6.03 Å². The SMILES string of the molecule is CCOc1cc(/C=C2/NC(=O)N(CC(=O)Nc3cccc(C)c3)C2=O)cc(Br)c1O[C@@H](C)CC. The van der Waals surface area contributed by atoms with E-state index in [0.717, 1.165) is 16.9 Å². The van der Waals surface area contributed by atoms with E-state index in [1.807, 2.05) is 39.8 Å². The van der Waals surface area contributed by atoms with Gasteiger partial charge in [-0.25, -0.2) is 9.69 Å². The Morgan fingerprint density at radius 1 is 1.24 bits per heavy atom. The normalized spacial score (nSPS) is 15.3. The summed E-state index contributed by atoms with van der Waals surface area (Å²) in [5.74, 6) is 0.0476. The van der Waals surface area contributed by atoms with Gasteiger partial charge < -0.3 is 20.1 Å². The van der Waals surface area contributed by atoms with Crippen LogP contribution in [0.15, 0.2) is 46.6 Å². The van der Waals surface area contributed by atoms with E-state index >= 15 is 0 Å². The zero-order chi connectivity index (χ0) is 24.8. The summed E-state index contributed by atoms with van der Waals surface area (Å²) >= 11 is 3.51. The number of amides is 4. The number of carbonyl (C=O) groups excluding carboxylic acids is 3. The molecule has 8 nitrogen and oxygen atoms in total. The van der Waals surface area contributed by atoms with E-state index in [0.29, 0.717) is 33.8 Å². The molecule has 1 atom stereocenters. The first-order chi connectivity index (χ1) is 16.2. The van der Waals surface area contributed by atoms with E-state index in [2.05, 4.69) is 26.6 Å². The van der Waals surface area contributed by atoms with Crippen LogP contribution in [0.1, 0.15) is 38.3 Å². The molecule has 0 bridgehead atoms. The summed E-state index contributed by atoms with van der Waals surface area (Å²) in [6, 6.07) is 10.1. The van der Waals surface area contributed by atoms with Crippen molar-refractivity contribution in [1.82, 2.24) is 10.2 Å². The molecule has 1 aliphatic rings. The molecular weight excluding hydrogens is 502 g/mol. The Balaban J connectivity index is 1.78. The molecule has 0 saturated carbocycles. The molecule has 1 aliphatic heterocycles. The molecule has 2 aromatic carbocycles. The van der Waals surface area contributed by atoms with E-state index in [1.165, 1.54) is 0 Å². The lowest BCUT2D eigenvalue weighted by molar-refractivity contribution is -0.127. The van der Waals surface area contributed by atoms with E-state index in [4.69, 9.17) is 9.47 Å². The summed E-state index contributed by atoms with van der Waals surface area (Å²) in [6.45, 7) is 7.80.